The lowest BCUT2D eigenvalue weighted by atomic mass is 10.0. The van der Waals surface area contributed by atoms with Gasteiger partial charge in [-0.1, -0.05) is 38.1 Å². The van der Waals surface area contributed by atoms with Gasteiger partial charge >= 0.3 is 0 Å². The number of Topliss-reactive ketones (excluding diaryl/α,β-unsaturated/α-hetero) is 1. The second kappa shape index (κ2) is 10.4. The van der Waals surface area contributed by atoms with Crippen LogP contribution in [0.5, 0.6) is 0 Å². The van der Waals surface area contributed by atoms with Gasteiger partial charge in [0, 0.05) is 44.0 Å². The zero-order valence-electron chi connectivity index (χ0n) is 18.4. The van der Waals surface area contributed by atoms with E-state index < -0.39 is 0 Å². The molecule has 0 bridgehead atoms. The van der Waals surface area contributed by atoms with E-state index in [1.54, 1.807) is 6.92 Å². The minimum atomic E-state index is 0.0879. The van der Waals surface area contributed by atoms with E-state index in [9.17, 15) is 9.59 Å². The molecule has 2 aromatic rings. The zero-order valence-corrected chi connectivity index (χ0v) is 18.4. The molecule has 2 aromatic carbocycles. The van der Waals surface area contributed by atoms with Crippen LogP contribution in [0.2, 0.25) is 0 Å². The van der Waals surface area contributed by atoms with Crippen molar-refractivity contribution < 1.29 is 9.59 Å². The van der Waals surface area contributed by atoms with E-state index >= 15 is 0 Å². The molecule has 0 aliphatic carbocycles. The first-order chi connectivity index (χ1) is 14.4. The highest BCUT2D eigenvalue weighted by Gasteiger charge is 2.19. The fraction of sp³-hybridized carbons (Fsp3) is 0.440. The van der Waals surface area contributed by atoms with E-state index in [1.165, 1.54) is 11.1 Å². The Morgan fingerprint density at radius 2 is 1.57 bits per heavy atom. The lowest BCUT2D eigenvalue weighted by molar-refractivity contribution is -0.122. The van der Waals surface area contributed by atoms with Crippen LogP contribution in [0.1, 0.15) is 48.2 Å². The molecule has 5 nitrogen and oxygen atoms in total. The molecule has 0 radical (unpaired) electrons. The van der Waals surface area contributed by atoms with Gasteiger partial charge in [-0.25, -0.2) is 0 Å². The zero-order chi connectivity index (χ0) is 21.5. The number of hydrogen-bond acceptors (Lipinski definition) is 4. The van der Waals surface area contributed by atoms with E-state index in [4.69, 9.17) is 0 Å². The Balaban J connectivity index is 1.37. The fourth-order valence-corrected chi connectivity index (χ4v) is 3.75. The first kappa shape index (κ1) is 22.0. The summed E-state index contributed by atoms with van der Waals surface area (Å²) in [6, 6.07) is 16.4. The van der Waals surface area contributed by atoms with Crippen molar-refractivity contribution in [1.82, 2.24) is 10.2 Å². The summed E-state index contributed by atoms with van der Waals surface area (Å²) in [6.07, 6.45) is 0.855. The highest BCUT2D eigenvalue weighted by atomic mass is 16.2. The van der Waals surface area contributed by atoms with Crippen molar-refractivity contribution in [2.24, 2.45) is 0 Å². The van der Waals surface area contributed by atoms with Gasteiger partial charge in [0.05, 0.1) is 6.54 Å². The number of amides is 1. The van der Waals surface area contributed by atoms with Gasteiger partial charge in [-0.15, -0.1) is 0 Å². The quantitative estimate of drug-likeness (QED) is 0.681. The number of nitrogens with zero attached hydrogens (tertiary/aromatic N) is 2. The molecule has 1 saturated heterocycles. The summed E-state index contributed by atoms with van der Waals surface area (Å²) in [5.74, 6) is 0.720. The third-order valence-corrected chi connectivity index (χ3v) is 5.76. The molecule has 1 fully saturated rings. The molecule has 0 aromatic heterocycles. The van der Waals surface area contributed by atoms with Crippen LogP contribution in [0, 0.1) is 0 Å². The van der Waals surface area contributed by atoms with Gasteiger partial charge in [-0.3, -0.25) is 14.5 Å². The number of anilines is 1. The molecular formula is C25H33N3O2. The first-order valence-corrected chi connectivity index (χ1v) is 10.9. The van der Waals surface area contributed by atoms with Crippen LogP contribution in [-0.2, 0) is 11.2 Å². The molecule has 1 heterocycles. The summed E-state index contributed by atoms with van der Waals surface area (Å²) in [7, 11) is 0. The normalized spacial score (nSPS) is 14.7. The van der Waals surface area contributed by atoms with Crippen molar-refractivity contribution in [3.63, 3.8) is 0 Å². The second-order valence-corrected chi connectivity index (χ2v) is 8.36. The molecule has 3 rings (SSSR count). The van der Waals surface area contributed by atoms with E-state index in [-0.39, 0.29) is 11.7 Å². The van der Waals surface area contributed by atoms with Gasteiger partial charge < -0.3 is 10.2 Å². The van der Waals surface area contributed by atoms with Crippen molar-refractivity contribution in [2.75, 3.05) is 44.2 Å². The molecule has 160 valence electrons. The Kier molecular flexibility index (Phi) is 7.63. The van der Waals surface area contributed by atoms with Gasteiger partial charge in [0.1, 0.15) is 0 Å². The number of carbonyl (C=O) groups excluding carboxylic acids is 2. The standard InChI is InChI=1S/C25H33N3O2/c1-19(2)22-6-4-21(5-7-22)12-13-26-25(30)18-27-14-16-28(17-15-27)24-10-8-23(9-11-24)20(3)29/h4-11,19H,12-18H2,1-3H3,(H,26,30). The second-order valence-electron chi connectivity index (χ2n) is 8.36. The molecule has 5 heteroatoms. The maximum Gasteiger partial charge on any atom is 0.234 e. The van der Waals surface area contributed by atoms with E-state index in [0.29, 0.717) is 19.0 Å². The number of ketones is 1. The summed E-state index contributed by atoms with van der Waals surface area (Å²) in [5.41, 5.74) is 4.47. The average molecular weight is 408 g/mol. The molecule has 0 saturated carbocycles. The van der Waals surface area contributed by atoms with Crippen molar-refractivity contribution in [2.45, 2.75) is 33.1 Å². The molecule has 30 heavy (non-hydrogen) atoms. The molecule has 1 aliphatic rings. The average Bonchev–Trinajstić information content (AvgIpc) is 2.75. The number of rotatable bonds is 8. The highest BCUT2D eigenvalue weighted by molar-refractivity contribution is 5.94. The van der Waals surface area contributed by atoms with E-state index in [0.717, 1.165) is 43.9 Å². The molecule has 0 spiro atoms. The minimum Gasteiger partial charge on any atom is -0.369 e. The maximum absolute atomic E-state index is 12.3. The minimum absolute atomic E-state index is 0.0879. The van der Waals surface area contributed by atoms with Crippen LogP contribution in [0.3, 0.4) is 0 Å². The van der Waals surface area contributed by atoms with Crippen molar-refractivity contribution >= 4 is 17.4 Å². The Morgan fingerprint density at radius 1 is 0.933 bits per heavy atom. The largest absolute Gasteiger partial charge is 0.369 e. The van der Waals surface area contributed by atoms with Gasteiger partial charge in [0.25, 0.3) is 0 Å². The summed E-state index contributed by atoms with van der Waals surface area (Å²) in [6.45, 7) is 10.6. The lowest BCUT2D eigenvalue weighted by Crippen LogP contribution is -2.49. The van der Waals surface area contributed by atoms with Crippen LogP contribution >= 0.6 is 0 Å². The number of nitrogens with one attached hydrogen (secondary N) is 1. The number of benzene rings is 2. The van der Waals surface area contributed by atoms with Crippen LogP contribution in [0.15, 0.2) is 48.5 Å². The third kappa shape index (κ3) is 6.17. The summed E-state index contributed by atoms with van der Waals surface area (Å²) < 4.78 is 0. The van der Waals surface area contributed by atoms with Crippen LogP contribution in [0.25, 0.3) is 0 Å². The molecule has 0 unspecified atom stereocenters. The lowest BCUT2D eigenvalue weighted by Gasteiger charge is -2.35. The van der Waals surface area contributed by atoms with Crippen molar-refractivity contribution in [1.29, 1.82) is 0 Å². The Hall–Kier alpha value is -2.66. The van der Waals surface area contributed by atoms with Gasteiger partial charge in [0.15, 0.2) is 5.78 Å². The topological polar surface area (TPSA) is 52.7 Å². The summed E-state index contributed by atoms with van der Waals surface area (Å²) in [5, 5.41) is 3.05. The van der Waals surface area contributed by atoms with Crippen LogP contribution in [-0.4, -0.2) is 55.9 Å². The Labute approximate surface area is 180 Å². The molecular weight excluding hydrogens is 374 g/mol. The third-order valence-electron chi connectivity index (χ3n) is 5.76. The molecule has 1 N–H and O–H groups in total. The molecule has 1 aliphatic heterocycles. The van der Waals surface area contributed by atoms with Crippen LogP contribution < -0.4 is 10.2 Å². The van der Waals surface area contributed by atoms with Gasteiger partial charge in [-0.05, 0) is 54.7 Å². The van der Waals surface area contributed by atoms with Crippen molar-refractivity contribution in [3.8, 4) is 0 Å². The van der Waals surface area contributed by atoms with E-state index in [1.807, 2.05) is 24.3 Å². The van der Waals surface area contributed by atoms with Crippen molar-refractivity contribution in [3.05, 3.63) is 65.2 Å². The first-order valence-electron chi connectivity index (χ1n) is 10.9. The molecule has 0 atom stereocenters. The Bertz CT molecular complexity index is 836. The maximum atomic E-state index is 12.3. The molecule has 1 amide bonds. The van der Waals surface area contributed by atoms with E-state index in [2.05, 4.69) is 53.2 Å². The monoisotopic (exact) mass is 407 g/mol. The summed E-state index contributed by atoms with van der Waals surface area (Å²) in [4.78, 5) is 28.2. The highest BCUT2D eigenvalue weighted by Crippen LogP contribution is 2.18. The van der Waals surface area contributed by atoms with Gasteiger partial charge in [0.2, 0.25) is 5.91 Å². The SMILES string of the molecule is CC(=O)c1ccc(N2CCN(CC(=O)NCCc3ccc(C(C)C)cc3)CC2)cc1. The number of piperazine rings is 1. The predicted octanol–water partition coefficient (Wildman–Crippen LogP) is 3.49. The number of carbonyl (C=O) groups is 2. The fourth-order valence-electron chi connectivity index (χ4n) is 3.75. The Morgan fingerprint density at radius 3 is 2.13 bits per heavy atom. The smallest absolute Gasteiger partial charge is 0.234 e. The van der Waals surface area contributed by atoms with Gasteiger partial charge in [-0.2, -0.15) is 0 Å². The summed E-state index contributed by atoms with van der Waals surface area (Å²) >= 11 is 0. The predicted molar refractivity (Wildman–Crippen MR) is 122 cm³/mol. The number of hydrogen-bond donors (Lipinski definition) is 1. The van der Waals surface area contributed by atoms with Crippen LogP contribution in [0.4, 0.5) is 5.69 Å².